The predicted molar refractivity (Wildman–Crippen MR) is 57.7 cm³/mol. The fraction of sp³-hybridized carbons (Fsp3) is 0.400. The number of hydrogen-bond acceptors (Lipinski definition) is 5. The lowest BCUT2D eigenvalue weighted by atomic mass is 10.0. The summed E-state index contributed by atoms with van der Waals surface area (Å²) in [6, 6.07) is 0. The van der Waals surface area contributed by atoms with Gasteiger partial charge in [-0.25, -0.2) is 8.78 Å². The minimum Gasteiger partial charge on any atom is -0.394 e. The van der Waals surface area contributed by atoms with Crippen molar-refractivity contribution in [2.24, 2.45) is 5.73 Å². The van der Waals surface area contributed by atoms with E-state index in [4.69, 9.17) is 15.9 Å². The molecule has 0 bridgehead atoms. The molecule has 0 aliphatic carbocycles. The van der Waals surface area contributed by atoms with Crippen molar-refractivity contribution in [3.8, 4) is 0 Å². The van der Waals surface area contributed by atoms with E-state index in [0.29, 0.717) is 0 Å². The molecule has 106 valence electrons. The van der Waals surface area contributed by atoms with Crippen molar-refractivity contribution in [1.82, 2.24) is 0 Å². The van der Waals surface area contributed by atoms with Gasteiger partial charge in [0.05, 0.1) is 23.2 Å². The van der Waals surface area contributed by atoms with Gasteiger partial charge < -0.3 is 15.9 Å². The Morgan fingerprint density at radius 3 is 2.16 bits per heavy atom. The van der Waals surface area contributed by atoms with Crippen LogP contribution < -0.4 is 5.73 Å². The minimum absolute atomic E-state index is 0.752. The second-order valence-corrected chi connectivity index (χ2v) is 3.75. The van der Waals surface area contributed by atoms with Gasteiger partial charge in [0.2, 0.25) is 5.82 Å². The summed E-state index contributed by atoms with van der Waals surface area (Å²) in [6.07, 6.45) is -2.37. The zero-order valence-corrected chi connectivity index (χ0v) is 9.57. The van der Waals surface area contributed by atoms with Crippen LogP contribution in [0.4, 0.5) is 18.9 Å². The fourth-order valence-electron chi connectivity index (χ4n) is 1.60. The number of benzene rings is 1. The first-order chi connectivity index (χ1) is 8.84. The van der Waals surface area contributed by atoms with E-state index in [-0.39, 0.29) is 0 Å². The SMILES string of the molecule is NCc1c(F)c(F)c(CC(O)CO)c([N+](=O)[O-])c1F. The highest BCUT2D eigenvalue weighted by molar-refractivity contribution is 5.47. The molecule has 4 N–H and O–H groups in total. The topological polar surface area (TPSA) is 110 Å². The van der Waals surface area contributed by atoms with Crippen LogP contribution in [0, 0.1) is 27.6 Å². The summed E-state index contributed by atoms with van der Waals surface area (Å²) in [6.45, 7) is -1.59. The number of aliphatic hydroxyl groups excluding tert-OH is 2. The molecule has 1 unspecified atom stereocenters. The van der Waals surface area contributed by atoms with Crippen molar-refractivity contribution >= 4 is 5.69 Å². The third-order valence-electron chi connectivity index (χ3n) is 2.52. The van der Waals surface area contributed by atoms with Crippen LogP contribution in [-0.4, -0.2) is 27.8 Å². The largest absolute Gasteiger partial charge is 0.394 e. The van der Waals surface area contributed by atoms with Crippen LogP contribution in [-0.2, 0) is 13.0 Å². The van der Waals surface area contributed by atoms with Gasteiger partial charge in [0.15, 0.2) is 11.6 Å². The molecule has 0 saturated carbocycles. The first-order valence-corrected chi connectivity index (χ1v) is 5.16. The highest BCUT2D eigenvalue weighted by Crippen LogP contribution is 2.31. The summed E-state index contributed by atoms with van der Waals surface area (Å²) in [5, 5.41) is 28.5. The van der Waals surface area contributed by atoms with Crippen LogP contribution in [0.25, 0.3) is 0 Å². The van der Waals surface area contributed by atoms with Crippen molar-refractivity contribution < 1.29 is 28.3 Å². The number of nitrogens with two attached hydrogens (primary N) is 1. The van der Waals surface area contributed by atoms with Crippen molar-refractivity contribution in [1.29, 1.82) is 0 Å². The summed E-state index contributed by atoms with van der Waals surface area (Å²) in [5.41, 5.74) is 1.84. The second-order valence-electron chi connectivity index (χ2n) is 3.75. The lowest BCUT2D eigenvalue weighted by molar-refractivity contribution is -0.388. The number of nitro benzene ring substituents is 1. The smallest absolute Gasteiger partial charge is 0.311 e. The Morgan fingerprint density at radius 1 is 1.21 bits per heavy atom. The molecule has 0 aliphatic rings. The summed E-state index contributed by atoms with van der Waals surface area (Å²) >= 11 is 0. The lowest BCUT2D eigenvalue weighted by Crippen LogP contribution is -2.20. The molecule has 1 aromatic carbocycles. The van der Waals surface area contributed by atoms with Crippen LogP contribution in [0.3, 0.4) is 0 Å². The maximum absolute atomic E-state index is 13.7. The molecule has 0 amide bonds. The quantitative estimate of drug-likeness (QED) is 0.410. The van der Waals surface area contributed by atoms with E-state index in [9.17, 15) is 23.3 Å². The zero-order valence-electron chi connectivity index (χ0n) is 9.57. The Kier molecular flexibility index (Phi) is 4.81. The number of hydrogen-bond donors (Lipinski definition) is 3. The maximum Gasteiger partial charge on any atom is 0.311 e. The lowest BCUT2D eigenvalue weighted by Gasteiger charge is -2.12. The Hall–Kier alpha value is -1.71. The fourth-order valence-corrected chi connectivity index (χ4v) is 1.60. The molecule has 0 heterocycles. The zero-order chi connectivity index (χ0) is 14.7. The van der Waals surface area contributed by atoms with E-state index in [1.54, 1.807) is 0 Å². The van der Waals surface area contributed by atoms with Crippen molar-refractivity contribution in [3.05, 3.63) is 38.7 Å². The van der Waals surface area contributed by atoms with Crippen molar-refractivity contribution in [3.63, 3.8) is 0 Å². The van der Waals surface area contributed by atoms with Gasteiger partial charge in [-0.2, -0.15) is 4.39 Å². The molecular weight excluding hydrogens is 269 g/mol. The molecule has 0 aromatic heterocycles. The Balaban J connectivity index is 3.55. The summed E-state index contributed by atoms with van der Waals surface area (Å²) in [5.74, 6) is -4.86. The van der Waals surface area contributed by atoms with Crippen LogP contribution in [0.15, 0.2) is 0 Å². The van der Waals surface area contributed by atoms with Gasteiger partial charge >= 0.3 is 5.69 Å². The van der Waals surface area contributed by atoms with E-state index >= 15 is 0 Å². The Bertz CT molecular complexity index is 510. The van der Waals surface area contributed by atoms with Gasteiger partial charge in [-0.1, -0.05) is 0 Å². The van der Waals surface area contributed by atoms with E-state index in [0.717, 1.165) is 0 Å². The average Bonchev–Trinajstić information content (AvgIpc) is 2.35. The minimum atomic E-state index is -1.65. The third-order valence-corrected chi connectivity index (χ3v) is 2.52. The number of rotatable bonds is 5. The predicted octanol–water partition coefficient (Wildman–Crippen LogP) is 0.366. The number of halogens is 3. The van der Waals surface area contributed by atoms with Crippen LogP contribution in [0.2, 0.25) is 0 Å². The molecule has 0 spiro atoms. The number of aliphatic hydroxyl groups is 2. The normalized spacial score (nSPS) is 12.5. The van der Waals surface area contributed by atoms with Gasteiger partial charge in [-0.15, -0.1) is 0 Å². The summed E-state index contributed by atoms with van der Waals surface area (Å²) in [7, 11) is 0. The Labute approximate surface area is 105 Å². The van der Waals surface area contributed by atoms with Crippen LogP contribution >= 0.6 is 0 Å². The highest BCUT2D eigenvalue weighted by atomic mass is 19.2. The molecule has 0 saturated heterocycles. The van der Waals surface area contributed by atoms with E-state index < -0.39 is 64.9 Å². The standard InChI is InChI=1S/C10H11F3N2O4/c11-7-5(1-4(17)3-16)10(15(18)19)9(13)6(2-14)8(7)12/h4,16-17H,1-3,14H2. The molecule has 1 rings (SSSR count). The first kappa shape index (κ1) is 15.3. The number of nitrogens with zero attached hydrogens (tertiary/aromatic N) is 1. The van der Waals surface area contributed by atoms with Gasteiger partial charge in [0.1, 0.15) is 0 Å². The molecular formula is C10H11F3N2O4. The van der Waals surface area contributed by atoms with Gasteiger partial charge in [-0.3, -0.25) is 10.1 Å². The van der Waals surface area contributed by atoms with Gasteiger partial charge in [-0.05, 0) is 0 Å². The monoisotopic (exact) mass is 280 g/mol. The molecule has 1 aromatic rings. The van der Waals surface area contributed by atoms with E-state index in [1.165, 1.54) is 0 Å². The molecule has 1 atom stereocenters. The Morgan fingerprint density at radius 2 is 1.74 bits per heavy atom. The molecule has 0 aliphatic heterocycles. The van der Waals surface area contributed by atoms with Crippen LogP contribution in [0.1, 0.15) is 11.1 Å². The third kappa shape index (κ3) is 2.83. The van der Waals surface area contributed by atoms with Crippen molar-refractivity contribution in [2.45, 2.75) is 19.1 Å². The van der Waals surface area contributed by atoms with Crippen molar-refractivity contribution in [2.75, 3.05) is 6.61 Å². The van der Waals surface area contributed by atoms with Crippen LogP contribution in [0.5, 0.6) is 0 Å². The summed E-state index contributed by atoms with van der Waals surface area (Å²) in [4.78, 5) is 9.51. The summed E-state index contributed by atoms with van der Waals surface area (Å²) < 4.78 is 40.8. The maximum atomic E-state index is 13.7. The average molecular weight is 280 g/mol. The first-order valence-electron chi connectivity index (χ1n) is 5.16. The van der Waals surface area contributed by atoms with E-state index in [1.807, 2.05) is 0 Å². The second kappa shape index (κ2) is 5.95. The molecule has 9 heteroatoms. The van der Waals surface area contributed by atoms with Gasteiger partial charge in [0, 0.05) is 18.5 Å². The number of nitro groups is 1. The molecule has 0 fully saturated rings. The molecule has 6 nitrogen and oxygen atoms in total. The van der Waals surface area contributed by atoms with Gasteiger partial charge in [0.25, 0.3) is 0 Å². The molecule has 0 radical (unpaired) electrons. The molecule has 19 heavy (non-hydrogen) atoms. The van der Waals surface area contributed by atoms with E-state index in [2.05, 4.69) is 0 Å². The highest BCUT2D eigenvalue weighted by Gasteiger charge is 2.32.